The predicted octanol–water partition coefficient (Wildman–Crippen LogP) is 3.37. The summed E-state index contributed by atoms with van der Waals surface area (Å²) >= 11 is 0. The van der Waals surface area contributed by atoms with E-state index in [-0.39, 0.29) is 5.56 Å². The third kappa shape index (κ3) is 3.63. The fraction of sp³-hybridized carbons (Fsp3) is 0.455. The van der Waals surface area contributed by atoms with Crippen molar-refractivity contribution in [2.45, 2.75) is 31.5 Å². The number of hydrogen-bond donors (Lipinski definition) is 1. The summed E-state index contributed by atoms with van der Waals surface area (Å²) in [5.41, 5.74) is 1.81. The second kappa shape index (κ2) is 4.79. The third-order valence-electron chi connectivity index (χ3n) is 2.37. The van der Waals surface area contributed by atoms with Crippen LogP contribution in [0.15, 0.2) is 18.2 Å². The highest BCUT2D eigenvalue weighted by Crippen LogP contribution is 2.31. The Balaban J connectivity index is 3.08. The van der Waals surface area contributed by atoms with E-state index >= 15 is 0 Å². The van der Waals surface area contributed by atoms with Crippen molar-refractivity contribution < 1.29 is 26.3 Å². The van der Waals surface area contributed by atoms with Gasteiger partial charge in [0.05, 0.1) is 11.1 Å². The molecule has 2 N–H and O–H groups in total. The van der Waals surface area contributed by atoms with Gasteiger partial charge in [0.1, 0.15) is 5.82 Å². The molecule has 0 amide bonds. The van der Waals surface area contributed by atoms with Gasteiger partial charge in [-0.1, -0.05) is 0 Å². The Kier molecular flexibility index (Phi) is 3.95. The first-order valence-corrected chi connectivity index (χ1v) is 4.96. The molecule has 1 atom stereocenters. The van der Waals surface area contributed by atoms with Crippen LogP contribution in [0.25, 0.3) is 0 Å². The Morgan fingerprint density at radius 1 is 1.17 bits per heavy atom. The zero-order valence-corrected chi connectivity index (χ0v) is 9.36. The first kappa shape index (κ1) is 14.8. The molecule has 1 unspecified atom stereocenters. The number of halogens is 6. The Bertz CT molecular complexity index is 424. The molecular weight excluding hydrogens is 260 g/mol. The van der Waals surface area contributed by atoms with Gasteiger partial charge in [0.25, 0.3) is 6.43 Å². The van der Waals surface area contributed by atoms with Gasteiger partial charge in [0, 0.05) is 0 Å². The van der Waals surface area contributed by atoms with E-state index in [9.17, 15) is 26.3 Å². The van der Waals surface area contributed by atoms with E-state index in [0.29, 0.717) is 12.1 Å². The van der Waals surface area contributed by atoms with Crippen molar-refractivity contribution in [1.29, 1.82) is 0 Å². The number of alkyl halides is 5. The second-order valence-electron chi connectivity index (χ2n) is 4.33. The predicted molar refractivity (Wildman–Crippen MR) is 53.7 cm³/mol. The molecule has 0 saturated carbocycles. The molecule has 7 heteroatoms. The van der Waals surface area contributed by atoms with Crippen molar-refractivity contribution in [2.24, 2.45) is 5.73 Å². The van der Waals surface area contributed by atoms with Crippen molar-refractivity contribution in [3.63, 3.8) is 0 Å². The molecule has 0 aliphatic carbocycles. The average molecular weight is 271 g/mol. The maximum Gasteiger partial charge on any atom is 0.416 e. The van der Waals surface area contributed by atoms with Crippen LogP contribution in [0.5, 0.6) is 0 Å². The SMILES string of the molecule is CC(N)(Cc1cc(F)cc(C(F)(F)F)c1)C(F)F. The minimum absolute atomic E-state index is 0.215. The molecule has 1 aromatic carbocycles. The standard InChI is InChI=1S/C11H11F6N/c1-10(18,9(13)14)5-6-2-7(11(15,16)17)4-8(12)3-6/h2-4,9H,5,18H2,1H3. The Hall–Kier alpha value is -1.24. The molecule has 0 saturated heterocycles. The highest BCUT2D eigenvalue weighted by atomic mass is 19.4. The molecule has 0 aliphatic heterocycles. The zero-order chi connectivity index (χ0) is 14.1. The topological polar surface area (TPSA) is 26.0 Å². The molecule has 102 valence electrons. The molecule has 0 bridgehead atoms. The molecule has 0 radical (unpaired) electrons. The van der Waals surface area contributed by atoms with Crippen molar-refractivity contribution in [3.8, 4) is 0 Å². The maximum absolute atomic E-state index is 13.0. The summed E-state index contributed by atoms with van der Waals surface area (Å²) in [7, 11) is 0. The van der Waals surface area contributed by atoms with E-state index in [2.05, 4.69) is 0 Å². The summed E-state index contributed by atoms with van der Waals surface area (Å²) in [6.45, 7) is 0.996. The fourth-order valence-corrected chi connectivity index (χ4v) is 1.43. The fourth-order valence-electron chi connectivity index (χ4n) is 1.43. The molecule has 0 spiro atoms. The molecular formula is C11H11F6N. The second-order valence-corrected chi connectivity index (χ2v) is 4.33. The smallest absolute Gasteiger partial charge is 0.320 e. The van der Waals surface area contributed by atoms with E-state index in [0.717, 1.165) is 13.0 Å². The molecule has 0 aliphatic rings. The maximum atomic E-state index is 13.0. The Labute approximate surface area is 99.6 Å². The normalized spacial score (nSPS) is 15.8. The summed E-state index contributed by atoms with van der Waals surface area (Å²) in [6, 6.07) is 1.69. The summed E-state index contributed by atoms with van der Waals surface area (Å²) in [5, 5.41) is 0. The van der Waals surface area contributed by atoms with Crippen LogP contribution in [0.4, 0.5) is 26.3 Å². The largest absolute Gasteiger partial charge is 0.416 e. The summed E-state index contributed by atoms with van der Waals surface area (Å²) in [6.07, 6.45) is -8.20. The first-order chi connectivity index (χ1) is 8.02. The quantitative estimate of drug-likeness (QED) is 0.838. The zero-order valence-electron chi connectivity index (χ0n) is 9.36. The van der Waals surface area contributed by atoms with Gasteiger partial charge in [-0.2, -0.15) is 13.2 Å². The van der Waals surface area contributed by atoms with E-state index in [1.54, 1.807) is 0 Å². The van der Waals surface area contributed by atoms with Crippen molar-refractivity contribution in [2.75, 3.05) is 0 Å². The van der Waals surface area contributed by atoms with Gasteiger partial charge in [-0.3, -0.25) is 0 Å². The van der Waals surface area contributed by atoms with Crippen LogP contribution in [-0.2, 0) is 12.6 Å². The van der Waals surface area contributed by atoms with Crippen LogP contribution >= 0.6 is 0 Å². The van der Waals surface area contributed by atoms with Gasteiger partial charge in [0.2, 0.25) is 0 Å². The van der Waals surface area contributed by atoms with Gasteiger partial charge >= 0.3 is 6.18 Å². The highest BCUT2D eigenvalue weighted by molar-refractivity contribution is 5.28. The minimum atomic E-state index is -4.73. The van der Waals surface area contributed by atoms with Crippen LogP contribution < -0.4 is 5.73 Å². The van der Waals surface area contributed by atoms with Crippen molar-refractivity contribution in [1.82, 2.24) is 0 Å². The summed E-state index contributed by atoms with van der Waals surface area (Å²) in [5.74, 6) is -1.13. The van der Waals surface area contributed by atoms with E-state index in [1.165, 1.54) is 0 Å². The lowest BCUT2D eigenvalue weighted by molar-refractivity contribution is -0.137. The molecule has 18 heavy (non-hydrogen) atoms. The number of rotatable bonds is 3. The Morgan fingerprint density at radius 3 is 2.17 bits per heavy atom. The monoisotopic (exact) mass is 271 g/mol. The van der Waals surface area contributed by atoms with Gasteiger partial charge in [-0.15, -0.1) is 0 Å². The molecule has 0 heterocycles. The van der Waals surface area contributed by atoms with Crippen LogP contribution in [-0.4, -0.2) is 12.0 Å². The highest BCUT2D eigenvalue weighted by Gasteiger charge is 2.34. The molecule has 0 fully saturated rings. The van der Waals surface area contributed by atoms with Crippen molar-refractivity contribution in [3.05, 3.63) is 35.1 Å². The van der Waals surface area contributed by atoms with Gasteiger partial charge in [-0.05, 0) is 37.1 Å². The van der Waals surface area contributed by atoms with E-state index < -0.39 is 35.9 Å². The number of benzene rings is 1. The van der Waals surface area contributed by atoms with E-state index in [4.69, 9.17) is 5.73 Å². The molecule has 1 nitrogen and oxygen atoms in total. The van der Waals surface area contributed by atoms with Crippen LogP contribution in [0.3, 0.4) is 0 Å². The van der Waals surface area contributed by atoms with Crippen molar-refractivity contribution >= 4 is 0 Å². The lowest BCUT2D eigenvalue weighted by atomic mass is 9.93. The number of nitrogens with two attached hydrogens (primary N) is 1. The Morgan fingerprint density at radius 2 is 1.72 bits per heavy atom. The molecule has 1 rings (SSSR count). The molecule has 0 aromatic heterocycles. The van der Waals surface area contributed by atoms with Crippen LogP contribution in [0.2, 0.25) is 0 Å². The van der Waals surface area contributed by atoms with Gasteiger partial charge in [0.15, 0.2) is 0 Å². The third-order valence-corrected chi connectivity index (χ3v) is 2.37. The minimum Gasteiger partial charge on any atom is -0.320 e. The van der Waals surface area contributed by atoms with Gasteiger partial charge < -0.3 is 5.73 Å². The lowest BCUT2D eigenvalue weighted by Crippen LogP contribution is -2.45. The first-order valence-electron chi connectivity index (χ1n) is 4.96. The number of hydrogen-bond acceptors (Lipinski definition) is 1. The lowest BCUT2D eigenvalue weighted by Gasteiger charge is -2.24. The average Bonchev–Trinajstić information content (AvgIpc) is 2.13. The summed E-state index contributed by atoms with van der Waals surface area (Å²) < 4.78 is 75.2. The van der Waals surface area contributed by atoms with Crippen LogP contribution in [0.1, 0.15) is 18.1 Å². The molecule has 1 aromatic rings. The van der Waals surface area contributed by atoms with E-state index in [1.807, 2.05) is 0 Å². The van der Waals surface area contributed by atoms with Gasteiger partial charge in [-0.25, -0.2) is 13.2 Å². The van der Waals surface area contributed by atoms with Crippen LogP contribution in [0, 0.1) is 5.82 Å². The summed E-state index contributed by atoms with van der Waals surface area (Å²) in [4.78, 5) is 0.